The number of nitrogens with two attached hydrogens (primary N) is 1. The Kier molecular flexibility index (Phi) is 5.00. The summed E-state index contributed by atoms with van der Waals surface area (Å²) in [6, 6.07) is 3.59. The topological polar surface area (TPSA) is 55.1 Å². The maximum Gasteiger partial charge on any atom is 0.224 e. The molecular weight excluding hydrogens is 250 g/mol. The highest BCUT2D eigenvalue weighted by atomic mass is 19.2. The van der Waals surface area contributed by atoms with Crippen LogP contribution in [0.25, 0.3) is 0 Å². The van der Waals surface area contributed by atoms with Crippen molar-refractivity contribution in [2.24, 2.45) is 11.1 Å². The molecule has 0 heterocycles. The molecule has 0 saturated heterocycles. The predicted molar refractivity (Wildman–Crippen MR) is 70.5 cm³/mol. The van der Waals surface area contributed by atoms with E-state index >= 15 is 0 Å². The van der Waals surface area contributed by atoms with Crippen LogP contribution in [0.1, 0.15) is 26.3 Å². The monoisotopic (exact) mass is 270 g/mol. The molecule has 0 saturated carbocycles. The number of nitrogens with one attached hydrogen (secondary N) is 1. The Labute approximate surface area is 112 Å². The van der Waals surface area contributed by atoms with Gasteiger partial charge in [-0.05, 0) is 11.5 Å². The number of carbonyl (C=O) groups is 1. The van der Waals surface area contributed by atoms with Gasteiger partial charge in [-0.25, -0.2) is 8.78 Å². The molecule has 106 valence electrons. The minimum absolute atomic E-state index is 0.0437. The summed E-state index contributed by atoms with van der Waals surface area (Å²) in [6.07, 6.45) is -0.198. The van der Waals surface area contributed by atoms with Crippen molar-refractivity contribution >= 4 is 5.91 Å². The van der Waals surface area contributed by atoms with Crippen LogP contribution >= 0.6 is 0 Å². The number of hydrogen-bond donors (Lipinski definition) is 2. The van der Waals surface area contributed by atoms with E-state index in [1.807, 2.05) is 20.8 Å². The molecule has 0 aliphatic rings. The van der Waals surface area contributed by atoms with Gasteiger partial charge in [0.05, 0.1) is 6.42 Å². The Morgan fingerprint density at radius 3 is 2.53 bits per heavy atom. The van der Waals surface area contributed by atoms with Crippen molar-refractivity contribution < 1.29 is 13.6 Å². The molecule has 0 bridgehead atoms. The molecule has 0 fully saturated rings. The van der Waals surface area contributed by atoms with E-state index in [1.54, 1.807) is 0 Å². The highest BCUT2D eigenvalue weighted by Gasteiger charge is 2.25. The number of rotatable bonds is 4. The van der Waals surface area contributed by atoms with Crippen LogP contribution in [0.2, 0.25) is 0 Å². The predicted octanol–water partition coefficient (Wildman–Crippen LogP) is 2.00. The van der Waals surface area contributed by atoms with Crippen LogP contribution in [-0.4, -0.2) is 18.5 Å². The summed E-state index contributed by atoms with van der Waals surface area (Å²) in [4.78, 5) is 11.8. The highest BCUT2D eigenvalue weighted by molar-refractivity contribution is 5.79. The molecule has 0 aliphatic heterocycles. The minimum atomic E-state index is -0.974. The van der Waals surface area contributed by atoms with Crippen LogP contribution in [0.3, 0.4) is 0 Å². The van der Waals surface area contributed by atoms with E-state index < -0.39 is 11.6 Å². The van der Waals surface area contributed by atoms with Gasteiger partial charge in [-0.2, -0.15) is 0 Å². The molecule has 3 N–H and O–H groups in total. The normalized spacial score (nSPS) is 13.2. The van der Waals surface area contributed by atoms with Gasteiger partial charge in [0.2, 0.25) is 5.91 Å². The molecule has 0 aliphatic carbocycles. The first kappa shape index (κ1) is 15.6. The lowest BCUT2D eigenvalue weighted by molar-refractivity contribution is -0.121. The summed E-state index contributed by atoms with van der Waals surface area (Å²) in [5, 5.41) is 2.75. The molecular formula is C14H20F2N2O. The Morgan fingerprint density at radius 2 is 2.00 bits per heavy atom. The molecule has 1 aromatic rings. The van der Waals surface area contributed by atoms with Crippen molar-refractivity contribution in [3.63, 3.8) is 0 Å². The van der Waals surface area contributed by atoms with Gasteiger partial charge in [0, 0.05) is 18.2 Å². The average Bonchev–Trinajstić information content (AvgIpc) is 2.30. The number of carbonyl (C=O) groups excluding carboxylic acids is 1. The van der Waals surface area contributed by atoms with Gasteiger partial charge in [-0.3, -0.25) is 4.79 Å². The second-order valence-electron chi connectivity index (χ2n) is 5.61. The van der Waals surface area contributed by atoms with Crippen molar-refractivity contribution in [1.29, 1.82) is 0 Å². The van der Waals surface area contributed by atoms with E-state index in [-0.39, 0.29) is 29.3 Å². The third kappa shape index (κ3) is 4.28. The number of hydrogen-bond acceptors (Lipinski definition) is 2. The fourth-order valence-corrected chi connectivity index (χ4v) is 1.73. The lowest BCUT2D eigenvalue weighted by Crippen LogP contribution is -2.48. The molecule has 1 atom stereocenters. The van der Waals surface area contributed by atoms with E-state index in [0.717, 1.165) is 6.07 Å². The lowest BCUT2D eigenvalue weighted by atomic mass is 9.86. The zero-order valence-electron chi connectivity index (χ0n) is 11.5. The highest BCUT2D eigenvalue weighted by Crippen LogP contribution is 2.18. The fraction of sp³-hybridized carbons (Fsp3) is 0.500. The Balaban J connectivity index is 2.73. The van der Waals surface area contributed by atoms with E-state index in [9.17, 15) is 13.6 Å². The summed E-state index contributed by atoms with van der Waals surface area (Å²) in [5.41, 5.74) is 5.46. The van der Waals surface area contributed by atoms with Gasteiger partial charge in [-0.15, -0.1) is 0 Å². The second kappa shape index (κ2) is 6.10. The largest absolute Gasteiger partial charge is 0.351 e. The first-order chi connectivity index (χ1) is 8.75. The molecule has 0 spiro atoms. The summed E-state index contributed by atoms with van der Waals surface area (Å²) >= 11 is 0. The third-order valence-corrected chi connectivity index (χ3v) is 3.00. The van der Waals surface area contributed by atoms with Crippen LogP contribution in [0.15, 0.2) is 18.2 Å². The Morgan fingerprint density at radius 1 is 1.37 bits per heavy atom. The number of benzene rings is 1. The van der Waals surface area contributed by atoms with E-state index in [0.29, 0.717) is 6.54 Å². The van der Waals surface area contributed by atoms with Crippen LogP contribution in [0.4, 0.5) is 8.78 Å². The van der Waals surface area contributed by atoms with Crippen molar-refractivity contribution in [1.82, 2.24) is 5.32 Å². The molecule has 5 heteroatoms. The number of amides is 1. The molecule has 1 aromatic carbocycles. The molecule has 1 unspecified atom stereocenters. The van der Waals surface area contributed by atoms with Gasteiger partial charge < -0.3 is 11.1 Å². The quantitative estimate of drug-likeness (QED) is 0.879. The fourth-order valence-electron chi connectivity index (χ4n) is 1.73. The van der Waals surface area contributed by atoms with E-state index in [2.05, 4.69) is 5.32 Å². The zero-order valence-corrected chi connectivity index (χ0v) is 11.5. The van der Waals surface area contributed by atoms with E-state index in [4.69, 9.17) is 5.73 Å². The molecule has 0 radical (unpaired) electrons. The van der Waals surface area contributed by atoms with Gasteiger partial charge in [0.1, 0.15) is 0 Å². The van der Waals surface area contributed by atoms with Gasteiger partial charge >= 0.3 is 0 Å². The summed E-state index contributed by atoms with van der Waals surface area (Å²) in [7, 11) is 0. The summed E-state index contributed by atoms with van der Waals surface area (Å²) < 4.78 is 26.5. The smallest absolute Gasteiger partial charge is 0.224 e. The maximum atomic E-state index is 13.4. The lowest BCUT2D eigenvalue weighted by Gasteiger charge is -2.30. The van der Waals surface area contributed by atoms with Crippen LogP contribution in [0, 0.1) is 17.0 Å². The van der Waals surface area contributed by atoms with Crippen molar-refractivity contribution in [3.8, 4) is 0 Å². The first-order valence-electron chi connectivity index (χ1n) is 6.18. The Hall–Kier alpha value is -1.49. The SMILES string of the molecule is CC(C)(C)C(CN)NC(=O)Cc1cccc(F)c1F. The minimum Gasteiger partial charge on any atom is -0.351 e. The summed E-state index contributed by atoms with van der Waals surface area (Å²) in [5.74, 6) is -2.29. The molecule has 0 aromatic heterocycles. The van der Waals surface area contributed by atoms with Crippen LogP contribution < -0.4 is 11.1 Å². The van der Waals surface area contributed by atoms with Gasteiger partial charge in [0.25, 0.3) is 0 Å². The van der Waals surface area contributed by atoms with Crippen LogP contribution in [0.5, 0.6) is 0 Å². The third-order valence-electron chi connectivity index (χ3n) is 3.00. The van der Waals surface area contributed by atoms with Crippen LogP contribution in [-0.2, 0) is 11.2 Å². The van der Waals surface area contributed by atoms with Crippen molar-refractivity contribution in [2.75, 3.05) is 6.54 Å². The van der Waals surface area contributed by atoms with Gasteiger partial charge in [-0.1, -0.05) is 32.9 Å². The average molecular weight is 270 g/mol. The molecule has 19 heavy (non-hydrogen) atoms. The molecule has 1 rings (SSSR count). The van der Waals surface area contributed by atoms with Crippen molar-refractivity contribution in [3.05, 3.63) is 35.4 Å². The molecule has 3 nitrogen and oxygen atoms in total. The van der Waals surface area contributed by atoms with Gasteiger partial charge in [0.15, 0.2) is 11.6 Å². The standard InChI is InChI=1S/C14H20F2N2O/c1-14(2,3)11(8-17)18-12(19)7-9-5-4-6-10(15)13(9)16/h4-6,11H,7-8,17H2,1-3H3,(H,18,19). The summed E-state index contributed by atoms with van der Waals surface area (Å²) in [6.45, 7) is 6.15. The van der Waals surface area contributed by atoms with Crippen molar-refractivity contribution in [2.45, 2.75) is 33.2 Å². The Bertz CT molecular complexity index is 455. The zero-order chi connectivity index (χ0) is 14.6. The maximum absolute atomic E-state index is 13.4. The van der Waals surface area contributed by atoms with E-state index in [1.165, 1.54) is 12.1 Å². The molecule has 1 amide bonds. The second-order valence-corrected chi connectivity index (χ2v) is 5.61. The first-order valence-corrected chi connectivity index (χ1v) is 6.18. The number of halogens is 2.